The van der Waals surface area contributed by atoms with Crippen molar-refractivity contribution in [2.75, 3.05) is 20.1 Å². The summed E-state index contributed by atoms with van der Waals surface area (Å²) >= 11 is 0. The standard InChI is InChI=1S/C7H13N3/c1-10-3-2-7(9)6(4-8)5-10/h6-7H,2-3,5,9H2,1H3. The third-order valence-electron chi connectivity index (χ3n) is 2.04. The predicted molar refractivity (Wildman–Crippen MR) is 39.2 cm³/mol. The summed E-state index contributed by atoms with van der Waals surface area (Å²) in [5.41, 5.74) is 5.70. The van der Waals surface area contributed by atoms with Crippen molar-refractivity contribution in [2.24, 2.45) is 11.7 Å². The Morgan fingerprint density at radius 3 is 2.90 bits per heavy atom. The van der Waals surface area contributed by atoms with E-state index in [1.807, 2.05) is 7.05 Å². The van der Waals surface area contributed by atoms with Gasteiger partial charge in [-0.2, -0.15) is 5.26 Å². The van der Waals surface area contributed by atoms with E-state index in [-0.39, 0.29) is 12.0 Å². The van der Waals surface area contributed by atoms with Crippen LogP contribution < -0.4 is 5.73 Å². The Kier molecular flexibility index (Phi) is 2.25. The lowest BCUT2D eigenvalue weighted by atomic mass is 9.95. The SMILES string of the molecule is CN1CCC(N)C(C#N)C1. The molecule has 0 spiro atoms. The van der Waals surface area contributed by atoms with Crippen LogP contribution in [0, 0.1) is 17.2 Å². The molecule has 0 aliphatic carbocycles. The van der Waals surface area contributed by atoms with Crippen LogP contribution >= 0.6 is 0 Å². The summed E-state index contributed by atoms with van der Waals surface area (Å²) in [6.45, 7) is 1.86. The number of likely N-dealkylation sites (tertiary alicyclic amines) is 1. The van der Waals surface area contributed by atoms with Gasteiger partial charge in [-0.25, -0.2) is 0 Å². The van der Waals surface area contributed by atoms with Gasteiger partial charge in [0.25, 0.3) is 0 Å². The lowest BCUT2D eigenvalue weighted by Crippen LogP contribution is -2.44. The van der Waals surface area contributed by atoms with E-state index >= 15 is 0 Å². The molecular formula is C7H13N3. The molecule has 0 radical (unpaired) electrons. The van der Waals surface area contributed by atoms with Crippen LogP contribution in [-0.4, -0.2) is 31.1 Å². The smallest absolute Gasteiger partial charge is 0.0741 e. The highest BCUT2D eigenvalue weighted by molar-refractivity contribution is 4.95. The number of rotatable bonds is 0. The second-order valence-electron chi connectivity index (χ2n) is 2.95. The molecule has 56 valence electrons. The molecule has 1 aliphatic heterocycles. The van der Waals surface area contributed by atoms with Crippen LogP contribution in [0.4, 0.5) is 0 Å². The summed E-state index contributed by atoms with van der Waals surface area (Å²) in [6.07, 6.45) is 0.953. The first-order chi connectivity index (χ1) is 4.74. The number of nitriles is 1. The van der Waals surface area contributed by atoms with Gasteiger partial charge in [-0.15, -0.1) is 0 Å². The van der Waals surface area contributed by atoms with E-state index in [4.69, 9.17) is 11.0 Å². The van der Waals surface area contributed by atoms with Crippen molar-refractivity contribution < 1.29 is 0 Å². The van der Waals surface area contributed by atoms with Crippen molar-refractivity contribution in [1.82, 2.24) is 4.90 Å². The van der Waals surface area contributed by atoms with E-state index in [1.54, 1.807) is 0 Å². The molecule has 2 atom stereocenters. The molecule has 1 aliphatic rings. The molecule has 0 amide bonds. The van der Waals surface area contributed by atoms with Gasteiger partial charge in [-0.1, -0.05) is 0 Å². The van der Waals surface area contributed by atoms with Crippen LogP contribution in [0.3, 0.4) is 0 Å². The van der Waals surface area contributed by atoms with Crippen LogP contribution in [0.5, 0.6) is 0 Å². The van der Waals surface area contributed by atoms with Gasteiger partial charge in [0.2, 0.25) is 0 Å². The first-order valence-electron chi connectivity index (χ1n) is 3.58. The van der Waals surface area contributed by atoms with Gasteiger partial charge in [-0.3, -0.25) is 0 Å². The zero-order chi connectivity index (χ0) is 7.56. The molecule has 3 nitrogen and oxygen atoms in total. The number of hydrogen-bond acceptors (Lipinski definition) is 3. The molecule has 1 rings (SSSR count). The van der Waals surface area contributed by atoms with Gasteiger partial charge < -0.3 is 10.6 Å². The zero-order valence-corrected chi connectivity index (χ0v) is 6.25. The summed E-state index contributed by atoms with van der Waals surface area (Å²) in [5, 5.41) is 8.62. The Morgan fingerprint density at radius 1 is 1.70 bits per heavy atom. The molecule has 0 aromatic rings. The Morgan fingerprint density at radius 2 is 2.40 bits per heavy atom. The van der Waals surface area contributed by atoms with E-state index in [2.05, 4.69) is 11.0 Å². The molecule has 0 aromatic heterocycles. The summed E-state index contributed by atoms with van der Waals surface area (Å²) in [7, 11) is 2.02. The maximum Gasteiger partial charge on any atom is 0.0741 e. The Balaban J connectivity index is 2.47. The molecule has 1 saturated heterocycles. The number of piperidine rings is 1. The van der Waals surface area contributed by atoms with Gasteiger partial charge in [0.05, 0.1) is 12.0 Å². The zero-order valence-electron chi connectivity index (χ0n) is 6.25. The minimum atomic E-state index is 0.0405. The van der Waals surface area contributed by atoms with E-state index in [9.17, 15) is 0 Å². The number of hydrogen-bond donors (Lipinski definition) is 1. The fraction of sp³-hybridized carbons (Fsp3) is 0.857. The van der Waals surface area contributed by atoms with Crippen molar-refractivity contribution in [3.63, 3.8) is 0 Å². The second kappa shape index (κ2) is 3.00. The molecular weight excluding hydrogens is 126 g/mol. The van der Waals surface area contributed by atoms with Crippen LogP contribution in [-0.2, 0) is 0 Å². The van der Waals surface area contributed by atoms with Crippen LogP contribution in [0.2, 0.25) is 0 Å². The lowest BCUT2D eigenvalue weighted by Gasteiger charge is -2.30. The monoisotopic (exact) mass is 139 g/mol. The summed E-state index contributed by atoms with van der Waals surface area (Å²) in [4.78, 5) is 2.15. The molecule has 1 fully saturated rings. The van der Waals surface area contributed by atoms with Gasteiger partial charge in [0.1, 0.15) is 0 Å². The third kappa shape index (κ3) is 1.47. The molecule has 3 heteroatoms. The van der Waals surface area contributed by atoms with Crippen LogP contribution in [0.1, 0.15) is 6.42 Å². The minimum Gasteiger partial charge on any atom is -0.326 e. The highest BCUT2D eigenvalue weighted by atomic mass is 15.1. The van der Waals surface area contributed by atoms with Crippen LogP contribution in [0.15, 0.2) is 0 Å². The summed E-state index contributed by atoms with van der Waals surface area (Å²) < 4.78 is 0. The average Bonchev–Trinajstić information content (AvgIpc) is 1.94. The highest BCUT2D eigenvalue weighted by Gasteiger charge is 2.23. The average molecular weight is 139 g/mol. The quantitative estimate of drug-likeness (QED) is 0.505. The molecule has 10 heavy (non-hydrogen) atoms. The number of nitrogens with two attached hydrogens (primary N) is 1. The largest absolute Gasteiger partial charge is 0.326 e. The summed E-state index contributed by atoms with van der Waals surface area (Å²) in [6, 6.07) is 2.32. The van der Waals surface area contributed by atoms with E-state index < -0.39 is 0 Å². The Hall–Kier alpha value is -0.590. The van der Waals surface area contributed by atoms with Crippen molar-refractivity contribution >= 4 is 0 Å². The molecule has 2 unspecified atom stereocenters. The van der Waals surface area contributed by atoms with Crippen LogP contribution in [0.25, 0.3) is 0 Å². The van der Waals surface area contributed by atoms with Crippen molar-refractivity contribution in [3.05, 3.63) is 0 Å². The molecule has 2 N–H and O–H groups in total. The Bertz CT molecular complexity index is 149. The Labute approximate surface area is 61.4 Å². The van der Waals surface area contributed by atoms with Crippen molar-refractivity contribution in [2.45, 2.75) is 12.5 Å². The maximum atomic E-state index is 8.62. The third-order valence-corrected chi connectivity index (χ3v) is 2.04. The molecule has 0 aromatic carbocycles. The molecule has 0 saturated carbocycles. The normalized spacial score (nSPS) is 35.3. The first kappa shape index (κ1) is 7.52. The number of nitrogens with zero attached hydrogens (tertiary/aromatic N) is 2. The fourth-order valence-corrected chi connectivity index (χ4v) is 1.27. The predicted octanol–water partition coefficient (Wildman–Crippen LogP) is -0.211. The van der Waals surface area contributed by atoms with Crippen molar-refractivity contribution in [1.29, 1.82) is 5.26 Å². The van der Waals surface area contributed by atoms with E-state index in [0.29, 0.717) is 0 Å². The van der Waals surface area contributed by atoms with E-state index in [1.165, 1.54) is 0 Å². The van der Waals surface area contributed by atoms with Gasteiger partial charge in [-0.05, 0) is 20.0 Å². The molecule has 1 heterocycles. The fourth-order valence-electron chi connectivity index (χ4n) is 1.27. The van der Waals surface area contributed by atoms with E-state index in [0.717, 1.165) is 19.5 Å². The van der Waals surface area contributed by atoms with Crippen molar-refractivity contribution in [3.8, 4) is 6.07 Å². The second-order valence-corrected chi connectivity index (χ2v) is 2.95. The summed E-state index contributed by atoms with van der Waals surface area (Å²) in [5.74, 6) is 0.0405. The molecule has 0 bridgehead atoms. The first-order valence-corrected chi connectivity index (χ1v) is 3.58. The van der Waals surface area contributed by atoms with Gasteiger partial charge >= 0.3 is 0 Å². The minimum absolute atomic E-state index is 0.0405. The van der Waals surface area contributed by atoms with Gasteiger partial charge in [0.15, 0.2) is 0 Å². The topological polar surface area (TPSA) is 53.0 Å². The lowest BCUT2D eigenvalue weighted by molar-refractivity contribution is 0.218. The maximum absolute atomic E-state index is 8.62. The van der Waals surface area contributed by atoms with Gasteiger partial charge in [0, 0.05) is 12.6 Å². The highest BCUT2D eigenvalue weighted by Crippen LogP contribution is 2.12.